The number of likely N-dealkylation sites (tertiary alicyclic amines) is 1. The molecular weight excluding hydrogens is 334 g/mol. The molecule has 1 saturated heterocycles. The van der Waals surface area contributed by atoms with E-state index in [-0.39, 0.29) is 11.8 Å². The molecule has 1 aliphatic heterocycles. The van der Waals surface area contributed by atoms with E-state index in [1.807, 2.05) is 55.4 Å². The summed E-state index contributed by atoms with van der Waals surface area (Å²) in [6.45, 7) is 15.6. The largest absolute Gasteiger partial charge is 0.480 e. The minimum atomic E-state index is -0.992. The zero-order chi connectivity index (χ0) is 20.4. The zero-order valence-electron chi connectivity index (χ0n) is 17.3. The Bertz CT molecular complexity index is 546. The Labute approximate surface area is 156 Å². The Kier molecular flexibility index (Phi) is 6.71. The number of carbonyl (C=O) groups excluding carboxylic acids is 2. The summed E-state index contributed by atoms with van der Waals surface area (Å²) < 4.78 is 0. The lowest BCUT2D eigenvalue weighted by atomic mass is 9.85. The summed E-state index contributed by atoms with van der Waals surface area (Å²) in [6.07, 6.45) is 0.448. The second-order valence-corrected chi connectivity index (χ2v) is 9.73. The molecule has 7 heteroatoms. The van der Waals surface area contributed by atoms with Gasteiger partial charge in [-0.2, -0.15) is 0 Å². The second-order valence-electron chi connectivity index (χ2n) is 9.73. The molecule has 1 fully saturated rings. The van der Waals surface area contributed by atoms with Crippen molar-refractivity contribution < 1.29 is 19.5 Å². The van der Waals surface area contributed by atoms with Crippen molar-refractivity contribution in [3.8, 4) is 0 Å². The molecule has 0 bridgehead atoms. The van der Waals surface area contributed by atoms with Gasteiger partial charge in [0.1, 0.15) is 12.1 Å². The van der Waals surface area contributed by atoms with Crippen LogP contribution in [0.15, 0.2) is 0 Å². The lowest BCUT2D eigenvalue weighted by molar-refractivity contribution is -0.150. The molecule has 1 heterocycles. The molecule has 0 aromatic rings. The van der Waals surface area contributed by atoms with Crippen LogP contribution in [0.3, 0.4) is 0 Å². The van der Waals surface area contributed by atoms with Gasteiger partial charge in [-0.05, 0) is 44.4 Å². The first kappa shape index (κ1) is 22.3. The van der Waals surface area contributed by atoms with Crippen molar-refractivity contribution >= 4 is 17.9 Å². The van der Waals surface area contributed by atoms with Gasteiger partial charge in [0.2, 0.25) is 5.91 Å². The number of aliphatic carboxylic acids is 1. The van der Waals surface area contributed by atoms with Gasteiger partial charge in [0.15, 0.2) is 0 Å². The minimum absolute atomic E-state index is 0.143. The Morgan fingerprint density at radius 2 is 1.62 bits per heavy atom. The highest BCUT2D eigenvalue weighted by Gasteiger charge is 2.45. The van der Waals surface area contributed by atoms with Crippen molar-refractivity contribution in [2.45, 2.75) is 79.4 Å². The molecule has 2 unspecified atom stereocenters. The molecule has 26 heavy (non-hydrogen) atoms. The van der Waals surface area contributed by atoms with Crippen molar-refractivity contribution in [1.29, 1.82) is 0 Å². The summed E-state index contributed by atoms with van der Waals surface area (Å²) in [6, 6.07) is -2.08. The standard InChI is InChI=1S/C19H35N3O4/c1-11(2)12-9-13(16(24)25)22(10-12)15(23)14(18(3,4)5)20-17(26)21-19(6,7)8/h11-14H,9-10H2,1-8H3,(H,24,25)(H2,20,21,26)/t12?,13?,14-/m1/s1. The van der Waals surface area contributed by atoms with Gasteiger partial charge in [-0.25, -0.2) is 9.59 Å². The van der Waals surface area contributed by atoms with Gasteiger partial charge < -0.3 is 20.6 Å². The van der Waals surface area contributed by atoms with Crippen LogP contribution in [-0.2, 0) is 9.59 Å². The number of rotatable bonds is 4. The Hall–Kier alpha value is -1.79. The van der Waals surface area contributed by atoms with E-state index in [4.69, 9.17) is 0 Å². The lowest BCUT2D eigenvalue weighted by Gasteiger charge is -2.35. The molecule has 0 radical (unpaired) electrons. The quantitative estimate of drug-likeness (QED) is 0.709. The van der Waals surface area contributed by atoms with Gasteiger partial charge in [0, 0.05) is 12.1 Å². The third-order valence-corrected chi connectivity index (χ3v) is 4.72. The number of nitrogens with one attached hydrogen (secondary N) is 2. The SMILES string of the molecule is CC(C)C1CC(C(=O)O)N(C(=O)[C@@H](NC(=O)NC(C)(C)C)C(C)(C)C)C1. The van der Waals surface area contributed by atoms with Crippen LogP contribution < -0.4 is 10.6 Å². The van der Waals surface area contributed by atoms with Gasteiger partial charge >= 0.3 is 12.0 Å². The third kappa shape index (κ3) is 5.88. The normalized spacial score (nSPS) is 22.3. The van der Waals surface area contributed by atoms with Crippen molar-refractivity contribution in [2.75, 3.05) is 6.54 Å². The summed E-state index contributed by atoms with van der Waals surface area (Å²) in [7, 11) is 0. The zero-order valence-corrected chi connectivity index (χ0v) is 17.3. The number of urea groups is 1. The van der Waals surface area contributed by atoms with E-state index in [1.54, 1.807) is 0 Å². The Morgan fingerprint density at radius 3 is 2.00 bits per heavy atom. The van der Waals surface area contributed by atoms with Crippen molar-refractivity contribution in [3.63, 3.8) is 0 Å². The van der Waals surface area contributed by atoms with E-state index < -0.39 is 35.0 Å². The Morgan fingerprint density at radius 1 is 1.08 bits per heavy atom. The van der Waals surface area contributed by atoms with Crippen LogP contribution in [0.25, 0.3) is 0 Å². The molecule has 0 spiro atoms. The number of carbonyl (C=O) groups is 3. The van der Waals surface area contributed by atoms with Gasteiger partial charge in [-0.3, -0.25) is 4.79 Å². The van der Waals surface area contributed by atoms with E-state index in [9.17, 15) is 19.5 Å². The van der Waals surface area contributed by atoms with Crippen molar-refractivity contribution in [1.82, 2.24) is 15.5 Å². The van der Waals surface area contributed by atoms with Gasteiger partial charge in [0.05, 0.1) is 0 Å². The van der Waals surface area contributed by atoms with Crippen LogP contribution in [0.2, 0.25) is 0 Å². The number of nitrogens with zero attached hydrogens (tertiary/aromatic N) is 1. The summed E-state index contributed by atoms with van der Waals surface area (Å²) in [5.74, 6) is -0.894. The highest BCUT2D eigenvalue weighted by Crippen LogP contribution is 2.32. The van der Waals surface area contributed by atoms with Crippen molar-refractivity contribution in [2.24, 2.45) is 17.3 Å². The number of hydrogen-bond acceptors (Lipinski definition) is 3. The van der Waals surface area contributed by atoms with Crippen LogP contribution in [-0.4, -0.2) is 52.1 Å². The molecule has 1 aliphatic rings. The average Bonchev–Trinajstić information content (AvgIpc) is 2.86. The molecule has 3 N–H and O–H groups in total. The highest BCUT2D eigenvalue weighted by molar-refractivity contribution is 5.91. The minimum Gasteiger partial charge on any atom is -0.480 e. The molecule has 0 aromatic heterocycles. The molecule has 1 rings (SSSR count). The van der Waals surface area contributed by atoms with E-state index in [2.05, 4.69) is 10.6 Å². The van der Waals surface area contributed by atoms with Gasteiger partial charge in [0.25, 0.3) is 0 Å². The smallest absolute Gasteiger partial charge is 0.326 e. The predicted molar refractivity (Wildman–Crippen MR) is 101 cm³/mol. The summed E-state index contributed by atoms with van der Waals surface area (Å²) in [5, 5.41) is 15.1. The summed E-state index contributed by atoms with van der Waals surface area (Å²) >= 11 is 0. The van der Waals surface area contributed by atoms with Crippen molar-refractivity contribution in [3.05, 3.63) is 0 Å². The van der Waals surface area contributed by atoms with E-state index in [0.29, 0.717) is 18.9 Å². The van der Waals surface area contributed by atoms with E-state index in [1.165, 1.54) is 4.90 Å². The number of carboxylic acid groups (broad SMARTS) is 1. The first-order valence-corrected chi connectivity index (χ1v) is 9.25. The first-order valence-electron chi connectivity index (χ1n) is 9.25. The van der Waals surface area contributed by atoms with Crippen LogP contribution in [0.5, 0.6) is 0 Å². The average molecular weight is 370 g/mol. The van der Waals surface area contributed by atoms with Crippen LogP contribution in [0.1, 0.15) is 61.8 Å². The molecule has 0 saturated carbocycles. The van der Waals surface area contributed by atoms with Crippen LogP contribution in [0, 0.1) is 17.3 Å². The monoisotopic (exact) mass is 369 g/mol. The van der Waals surface area contributed by atoms with Crippen LogP contribution >= 0.6 is 0 Å². The maximum absolute atomic E-state index is 13.2. The van der Waals surface area contributed by atoms with Crippen LogP contribution in [0.4, 0.5) is 4.79 Å². The second kappa shape index (κ2) is 7.84. The molecule has 3 atom stereocenters. The Balaban J connectivity index is 3.04. The summed E-state index contributed by atoms with van der Waals surface area (Å²) in [5.41, 5.74) is -0.985. The van der Waals surface area contributed by atoms with E-state index >= 15 is 0 Å². The molecule has 0 aliphatic carbocycles. The highest BCUT2D eigenvalue weighted by atomic mass is 16.4. The fraction of sp³-hybridized carbons (Fsp3) is 0.842. The molecule has 3 amide bonds. The first-order chi connectivity index (χ1) is 11.6. The van der Waals surface area contributed by atoms with E-state index in [0.717, 1.165) is 0 Å². The maximum atomic E-state index is 13.2. The van der Waals surface area contributed by atoms with Gasteiger partial charge in [-0.1, -0.05) is 34.6 Å². The lowest BCUT2D eigenvalue weighted by Crippen LogP contribution is -2.59. The fourth-order valence-electron chi connectivity index (χ4n) is 3.15. The third-order valence-electron chi connectivity index (χ3n) is 4.72. The molecule has 7 nitrogen and oxygen atoms in total. The number of hydrogen-bond donors (Lipinski definition) is 3. The predicted octanol–water partition coefficient (Wildman–Crippen LogP) is 2.46. The summed E-state index contributed by atoms with van der Waals surface area (Å²) in [4.78, 5) is 38.6. The molecule has 150 valence electrons. The molecule has 0 aromatic carbocycles. The van der Waals surface area contributed by atoms with Gasteiger partial charge in [-0.15, -0.1) is 0 Å². The fourth-order valence-corrected chi connectivity index (χ4v) is 3.15. The maximum Gasteiger partial charge on any atom is 0.326 e. The number of amides is 3. The number of carboxylic acids is 1. The molecular formula is C19H35N3O4. The topological polar surface area (TPSA) is 98.7 Å².